The topological polar surface area (TPSA) is 12.0 Å². The summed E-state index contributed by atoms with van der Waals surface area (Å²) in [7, 11) is 1.94. The van der Waals surface area contributed by atoms with Gasteiger partial charge in [-0.05, 0) is 58.9 Å². The molecule has 2 aromatic rings. The van der Waals surface area contributed by atoms with E-state index in [0.29, 0.717) is 4.47 Å². The molecule has 0 bridgehead atoms. The summed E-state index contributed by atoms with van der Waals surface area (Å²) in [5.41, 5.74) is 2.22. The van der Waals surface area contributed by atoms with Crippen molar-refractivity contribution < 1.29 is 4.39 Å². The minimum Gasteiger partial charge on any atom is -0.313 e. The minimum atomic E-state index is -0.212. The van der Waals surface area contributed by atoms with Crippen LogP contribution in [-0.4, -0.2) is 13.3 Å². The molecule has 0 fully saturated rings. The van der Waals surface area contributed by atoms with Crippen LogP contribution in [0.5, 0.6) is 0 Å². The lowest BCUT2D eigenvalue weighted by Gasteiger charge is -2.20. The number of hydrogen-bond acceptors (Lipinski definition) is 2. The minimum absolute atomic E-state index is 0.164. The van der Waals surface area contributed by atoms with E-state index in [2.05, 4.69) is 39.6 Å². The van der Waals surface area contributed by atoms with Gasteiger partial charge in [0.05, 0.1) is 4.47 Å². The Morgan fingerprint density at radius 3 is 2.65 bits per heavy atom. The summed E-state index contributed by atoms with van der Waals surface area (Å²) in [6.07, 6.45) is 2.82. The molecule has 0 radical (unpaired) electrons. The highest BCUT2D eigenvalue weighted by atomic mass is 79.9. The Kier molecular flexibility index (Phi) is 5.64. The van der Waals surface area contributed by atoms with Crippen molar-refractivity contribution in [3.63, 3.8) is 0 Å². The largest absolute Gasteiger partial charge is 0.313 e. The SMILES string of the molecule is CNC(Cc1cccc(F)c1Br)c1ccccc1SC. The van der Waals surface area contributed by atoms with Crippen molar-refractivity contribution in [3.05, 3.63) is 63.9 Å². The van der Waals surface area contributed by atoms with Gasteiger partial charge >= 0.3 is 0 Å². The van der Waals surface area contributed by atoms with Crippen LogP contribution in [-0.2, 0) is 6.42 Å². The predicted octanol–water partition coefficient (Wildman–Crippen LogP) is 4.81. The number of halogens is 2. The number of nitrogens with one attached hydrogen (secondary N) is 1. The van der Waals surface area contributed by atoms with Gasteiger partial charge in [-0.25, -0.2) is 4.39 Å². The molecule has 1 atom stereocenters. The second-order valence-electron chi connectivity index (χ2n) is 4.50. The van der Waals surface area contributed by atoms with Crippen LogP contribution in [0.3, 0.4) is 0 Å². The fraction of sp³-hybridized carbons (Fsp3) is 0.250. The lowest BCUT2D eigenvalue weighted by Crippen LogP contribution is -2.19. The number of hydrogen-bond donors (Lipinski definition) is 1. The van der Waals surface area contributed by atoms with Crippen LogP contribution in [0.25, 0.3) is 0 Å². The molecule has 4 heteroatoms. The molecule has 20 heavy (non-hydrogen) atoms. The van der Waals surface area contributed by atoms with Gasteiger partial charge in [0.2, 0.25) is 0 Å². The van der Waals surface area contributed by atoms with Gasteiger partial charge in [-0.1, -0.05) is 30.3 Å². The summed E-state index contributed by atoms with van der Waals surface area (Å²) < 4.78 is 14.2. The summed E-state index contributed by atoms with van der Waals surface area (Å²) in [5.74, 6) is -0.212. The summed E-state index contributed by atoms with van der Waals surface area (Å²) in [6.45, 7) is 0. The molecule has 0 aromatic heterocycles. The Hall–Kier alpha value is -0.840. The molecule has 2 rings (SSSR count). The molecule has 106 valence electrons. The van der Waals surface area contributed by atoms with Gasteiger partial charge in [-0.3, -0.25) is 0 Å². The molecule has 0 amide bonds. The molecular weight excluding hydrogens is 337 g/mol. The van der Waals surface area contributed by atoms with E-state index in [-0.39, 0.29) is 11.9 Å². The number of likely N-dealkylation sites (N-methyl/N-ethyl adjacent to an activating group) is 1. The highest BCUT2D eigenvalue weighted by Gasteiger charge is 2.16. The van der Waals surface area contributed by atoms with Crippen LogP contribution in [0.4, 0.5) is 4.39 Å². The summed E-state index contributed by atoms with van der Waals surface area (Å²) >= 11 is 5.07. The van der Waals surface area contributed by atoms with Crippen LogP contribution in [0, 0.1) is 5.82 Å². The smallest absolute Gasteiger partial charge is 0.137 e. The fourth-order valence-corrected chi connectivity index (χ4v) is 3.33. The van der Waals surface area contributed by atoms with Gasteiger partial charge in [0, 0.05) is 10.9 Å². The van der Waals surface area contributed by atoms with E-state index in [1.807, 2.05) is 25.2 Å². The molecule has 0 saturated heterocycles. The first-order valence-corrected chi connectivity index (χ1v) is 8.42. The number of rotatable bonds is 5. The Labute approximate surface area is 132 Å². The highest BCUT2D eigenvalue weighted by Crippen LogP contribution is 2.30. The van der Waals surface area contributed by atoms with E-state index in [9.17, 15) is 4.39 Å². The van der Waals surface area contributed by atoms with E-state index in [1.165, 1.54) is 16.5 Å². The monoisotopic (exact) mass is 353 g/mol. The third kappa shape index (κ3) is 3.43. The maximum Gasteiger partial charge on any atom is 0.137 e. The quantitative estimate of drug-likeness (QED) is 0.773. The Morgan fingerprint density at radius 1 is 1.20 bits per heavy atom. The van der Waals surface area contributed by atoms with E-state index in [4.69, 9.17) is 0 Å². The molecule has 0 spiro atoms. The molecule has 1 unspecified atom stereocenters. The van der Waals surface area contributed by atoms with Gasteiger partial charge in [0.25, 0.3) is 0 Å². The average Bonchev–Trinajstić information content (AvgIpc) is 2.49. The first kappa shape index (κ1) is 15.5. The van der Waals surface area contributed by atoms with Gasteiger partial charge in [0.1, 0.15) is 5.82 Å². The van der Waals surface area contributed by atoms with Gasteiger partial charge < -0.3 is 5.32 Å². The fourth-order valence-electron chi connectivity index (χ4n) is 2.25. The van der Waals surface area contributed by atoms with E-state index in [1.54, 1.807) is 17.8 Å². The normalized spacial score (nSPS) is 12.4. The standard InChI is InChI=1S/C16H17BrFNS/c1-19-14(12-7-3-4-9-15(12)20-2)10-11-6-5-8-13(18)16(11)17/h3-9,14,19H,10H2,1-2H3. The third-order valence-corrected chi connectivity index (χ3v) is 5.02. The zero-order valence-corrected chi connectivity index (χ0v) is 13.9. The molecule has 1 N–H and O–H groups in total. The lowest BCUT2D eigenvalue weighted by atomic mass is 9.99. The van der Waals surface area contributed by atoms with Crippen LogP contribution >= 0.6 is 27.7 Å². The van der Waals surface area contributed by atoms with E-state index in [0.717, 1.165) is 12.0 Å². The molecule has 2 aromatic carbocycles. The zero-order valence-electron chi connectivity index (χ0n) is 11.5. The molecule has 0 aliphatic carbocycles. The first-order valence-electron chi connectivity index (χ1n) is 6.40. The van der Waals surface area contributed by atoms with Crippen LogP contribution < -0.4 is 5.32 Å². The van der Waals surface area contributed by atoms with Crippen LogP contribution in [0.1, 0.15) is 17.2 Å². The van der Waals surface area contributed by atoms with Crippen molar-refractivity contribution >= 4 is 27.7 Å². The van der Waals surface area contributed by atoms with Gasteiger partial charge in [-0.15, -0.1) is 11.8 Å². The predicted molar refractivity (Wildman–Crippen MR) is 87.8 cm³/mol. The molecule has 0 saturated carbocycles. The Morgan fingerprint density at radius 2 is 1.95 bits per heavy atom. The maximum absolute atomic E-state index is 13.6. The second-order valence-corrected chi connectivity index (χ2v) is 6.14. The van der Waals surface area contributed by atoms with E-state index >= 15 is 0 Å². The Balaban J connectivity index is 2.31. The molecular formula is C16H17BrFNS. The molecule has 0 aliphatic rings. The molecule has 0 heterocycles. The van der Waals surface area contributed by atoms with Gasteiger partial charge in [0.15, 0.2) is 0 Å². The average molecular weight is 354 g/mol. The number of benzene rings is 2. The van der Waals surface area contributed by atoms with Crippen LogP contribution in [0.2, 0.25) is 0 Å². The second kappa shape index (κ2) is 7.25. The third-order valence-electron chi connectivity index (χ3n) is 3.32. The van der Waals surface area contributed by atoms with Crippen molar-refractivity contribution in [1.82, 2.24) is 5.32 Å². The summed E-state index contributed by atoms with van der Waals surface area (Å²) in [4.78, 5) is 1.25. The van der Waals surface area contributed by atoms with Crippen molar-refractivity contribution in [2.24, 2.45) is 0 Å². The van der Waals surface area contributed by atoms with Crippen molar-refractivity contribution in [2.75, 3.05) is 13.3 Å². The first-order chi connectivity index (χ1) is 9.67. The van der Waals surface area contributed by atoms with Gasteiger partial charge in [-0.2, -0.15) is 0 Å². The summed E-state index contributed by atoms with van der Waals surface area (Å²) in [5, 5.41) is 3.33. The summed E-state index contributed by atoms with van der Waals surface area (Å²) in [6, 6.07) is 13.7. The van der Waals surface area contributed by atoms with Crippen molar-refractivity contribution in [3.8, 4) is 0 Å². The zero-order chi connectivity index (χ0) is 14.5. The van der Waals surface area contributed by atoms with Crippen molar-refractivity contribution in [2.45, 2.75) is 17.4 Å². The molecule has 0 aliphatic heterocycles. The molecule has 1 nitrogen and oxygen atoms in total. The lowest BCUT2D eigenvalue weighted by molar-refractivity contribution is 0.573. The Bertz CT molecular complexity index is 588. The van der Waals surface area contributed by atoms with E-state index < -0.39 is 0 Å². The number of thioether (sulfide) groups is 1. The van der Waals surface area contributed by atoms with Crippen LogP contribution in [0.15, 0.2) is 51.8 Å². The highest BCUT2D eigenvalue weighted by molar-refractivity contribution is 9.10. The van der Waals surface area contributed by atoms with Crippen molar-refractivity contribution in [1.29, 1.82) is 0 Å². The maximum atomic E-state index is 13.6.